The van der Waals surface area contributed by atoms with Crippen LogP contribution in [0.5, 0.6) is 11.5 Å². The van der Waals surface area contributed by atoms with Crippen LogP contribution >= 0.6 is 0 Å². The number of likely N-dealkylation sites (tertiary alicyclic amines) is 1. The van der Waals surface area contributed by atoms with Gasteiger partial charge in [-0.1, -0.05) is 6.07 Å². The number of carbonyl (C=O) groups excluding carboxylic acids is 1. The zero-order chi connectivity index (χ0) is 14.5. The smallest absolute Gasteiger partial charge is 0.342 e. The van der Waals surface area contributed by atoms with E-state index in [9.17, 15) is 4.79 Å². The van der Waals surface area contributed by atoms with Crippen molar-refractivity contribution in [2.75, 3.05) is 34.4 Å². The van der Waals surface area contributed by atoms with Gasteiger partial charge in [-0.05, 0) is 12.1 Å². The van der Waals surface area contributed by atoms with Crippen LogP contribution in [-0.2, 0) is 4.74 Å². The third-order valence-corrected chi connectivity index (χ3v) is 3.68. The highest BCUT2D eigenvalue weighted by Crippen LogP contribution is 2.31. The van der Waals surface area contributed by atoms with E-state index in [4.69, 9.17) is 14.2 Å². The van der Waals surface area contributed by atoms with E-state index in [0.29, 0.717) is 17.1 Å². The number of carbonyl (C=O) groups is 1. The lowest BCUT2D eigenvalue weighted by Crippen LogP contribution is -3.10. The largest absolute Gasteiger partial charge is 0.493 e. The number of rotatable bonds is 4. The van der Waals surface area contributed by atoms with Crippen LogP contribution in [0, 0.1) is 0 Å². The van der Waals surface area contributed by atoms with E-state index >= 15 is 0 Å². The van der Waals surface area contributed by atoms with Gasteiger partial charge in [0.1, 0.15) is 11.7 Å². The Balaban J connectivity index is 2.09. The van der Waals surface area contributed by atoms with Gasteiger partial charge in [-0.3, -0.25) is 0 Å². The molecule has 1 N–H and O–H groups in total. The molecule has 1 aromatic rings. The topological polar surface area (TPSA) is 49.2 Å². The summed E-state index contributed by atoms with van der Waals surface area (Å²) in [6, 6.07) is 5.22. The zero-order valence-corrected chi connectivity index (χ0v) is 12.3. The molecule has 0 bridgehead atoms. The molecule has 1 heterocycles. The molecule has 0 amide bonds. The molecule has 0 aromatic heterocycles. The second-order valence-electron chi connectivity index (χ2n) is 5.10. The highest BCUT2D eigenvalue weighted by Gasteiger charge is 2.25. The predicted octanol–water partition coefficient (Wildman–Crippen LogP) is 0.538. The lowest BCUT2D eigenvalue weighted by molar-refractivity contribution is -0.885. The molecule has 1 saturated heterocycles. The van der Waals surface area contributed by atoms with E-state index in [2.05, 4.69) is 7.05 Å². The summed E-state index contributed by atoms with van der Waals surface area (Å²) in [4.78, 5) is 13.8. The van der Waals surface area contributed by atoms with Crippen molar-refractivity contribution in [1.29, 1.82) is 0 Å². The number of ether oxygens (including phenoxy) is 3. The summed E-state index contributed by atoms with van der Waals surface area (Å²) in [6.45, 7) is 2.07. The summed E-state index contributed by atoms with van der Waals surface area (Å²) in [5, 5.41) is 0. The molecule has 1 aromatic carbocycles. The van der Waals surface area contributed by atoms with E-state index in [-0.39, 0.29) is 12.1 Å². The number of para-hydroxylation sites is 1. The minimum atomic E-state index is -0.342. The summed E-state index contributed by atoms with van der Waals surface area (Å²) in [5.74, 6) is 0.624. The van der Waals surface area contributed by atoms with Gasteiger partial charge in [0.15, 0.2) is 11.5 Å². The predicted molar refractivity (Wildman–Crippen MR) is 74.6 cm³/mol. The number of nitrogens with one attached hydrogen (secondary N) is 1. The maximum atomic E-state index is 12.3. The van der Waals surface area contributed by atoms with Crippen LogP contribution in [0.1, 0.15) is 23.2 Å². The Morgan fingerprint density at radius 2 is 1.90 bits per heavy atom. The summed E-state index contributed by atoms with van der Waals surface area (Å²) in [7, 11) is 5.23. The molecule has 1 aliphatic heterocycles. The highest BCUT2D eigenvalue weighted by atomic mass is 16.5. The number of piperidine rings is 1. The summed E-state index contributed by atoms with van der Waals surface area (Å²) < 4.78 is 16.0. The van der Waals surface area contributed by atoms with Crippen molar-refractivity contribution >= 4 is 5.97 Å². The minimum Gasteiger partial charge on any atom is -0.493 e. The second kappa shape index (κ2) is 6.61. The third-order valence-electron chi connectivity index (χ3n) is 3.68. The zero-order valence-electron chi connectivity index (χ0n) is 12.3. The average molecular weight is 280 g/mol. The monoisotopic (exact) mass is 280 g/mol. The average Bonchev–Trinajstić information content (AvgIpc) is 2.48. The number of hydrogen-bond acceptors (Lipinski definition) is 4. The Morgan fingerprint density at radius 1 is 1.20 bits per heavy atom. The standard InChI is InChI=1S/C15H21NO4/c1-16-9-7-11(8-10-16)20-15(17)12-5-4-6-13(18-2)14(12)19-3/h4-6,11H,7-10H2,1-3H3/p+1. The van der Waals surface area contributed by atoms with Crippen molar-refractivity contribution in [3.05, 3.63) is 23.8 Å². The number of benzene rings is 1. The van der Waals surface area contributed by atoms with Crippen molar-refractivity contribution in [3.63, 3.8) is 0 Å². The molecule has 0 saturated carbocycles. The molecule has 2 rings (SSSR count). The quantitative estimate of drug-likeness (QED) is 0.818. The molecule has 20 heavy (non-hydrogen) atoms. The molecule has 110 valence electrons. The summed E-state index contributed by atoms with van der Waals surface area (Å²) in [6.07, 6.45) is 1.82. The molecule has 0 unspecified atom stereocenters. The first-order chi connectivity index (χ1) is 9.65. The maximum Gasteiger partial charge on any atom is 0.342 e. The van der Waals surface area contributed by atoms with Crippen molar-refractivity contribution in [2.45, 2.75) is 18.9 Å². The van der Waals surface area contributed by atoms with E-state index in [1.54, 1.807) is 25.3 Å². The molecule has 1 fully saturated rings. The number of esters is 1. The van der Waals surface area contributed by atoms with Crippen molar-refractivity contribution in [1.82, 2.24) is 0 Å². The first-order valence-electron chi connectivity index (χ1n) is 6.89. The Hall–Kier alpha value is -1.75. The second-order valence-corrected chi connectivity index (χ2v) is 5.10. The van der Waals surface area contributed by atoms with Crippen LogP contribution < -0.4 is 14.4 Å². The fraction of sp³-hybridized carbons (Fsp3) is 0.533. The summed E-state index contributed by atoms with van der Waals surface area (Å²) in [5.41, 5.74) is 0.415. The van der Waals surface area contributed by atoms with E-state index in [1.165, 1.54) is 12.0 Å². The van der Waals surface area contributed by atoms with Gasteiger partial charge in [0.05, 0.1) is 34.4 Å². The third kappa shape index (κ3) is 3.22. The van der Waals surface area contributed by atoms with Crippen LogP contribution in [0.4, 0.5) is 0 Å². The lowest BCUT2D eigenvalue weighted by atomic mass is 10.1. The van der Waals surface area contributed by atoms with Crippen molar-refractivity contribution in [3.8, 4) is 11.5 Å². The van der Waals surface area contributed by atoms with Crippen LogP contribution in [-0.4, -0.2) is 46.4 Å². The van der Waals surface area contributed by atoms with Gasteiger partial charge >= 0.3 is 5.97 Å². The molecule has 0 radical (unpaired) electrons. The van der Waals surface area contributed by atoms with Crippen LogP contribution in [0.25, 0.3) is 0 Å². The number of quaternary nitrogens is 1. The molecule has 5 nitrogen and oxygen atoms in total. The van der Waals surface area contributed by atoms with Gasteiger partial charge in [0.25, 0.3) is 0 Å². The summed E-state index contributed by atoms with van der Waals surface area (Å²) >= 11 is 0. The van der Waals surface area contributed by atoms with E-state index in [1.807, 2.05) is 0 Å². The SMILES string of the molecule is COc1cccc(C(=O)OC2CC[NH+](C)CC2)c1OC. The molecule has 0 aliphatic carbocycles. The van der Waals surface area contributed by atoms with Crippen LogP contribution in [0.2, 0.25) is 0 Å². The van der Waals surface area contributed by atoms with Gasteiger partial charge in [0.2, 0.25) is 0 Å². The molecule has 0 atom stereocenters. The minimum absolute atomic E-state index is 0.00195. The number of methoxy groups -OCH3 is 2. The van der Waals surface area contributed by atoms with Crippen molar-refractivity contribution < 1.29 is 23.9 Å². The highest BCUT2D eigenvalue weighted by molar-refractivity contribution is 5.93. The van der Waals surface area contributed by atoms with Crippen molar-refractivity contribution in [2.24, 2.45) is 0 Å². The first-order valence-corrected chi connectivity index (χ1v) is 6.89. The molecular formula is C15H22NO4+. The van der Waals surface area contributed by atoms with E-state index in [0.717, 1.165) is 25.9 Å². The molecular weight excluding hydrogens is 258 g/mol. The van der Waals surface area contributed by atoms with Gasteiger partial charge in [-0.2, -0.15) is 0 Å². The van der Waals surface area contributed by atoms with Crippen LogP contribution in [0.15, 0.2) is 18.2 Å². The molecule has 0 spiro atoms. The number of hydrogen-bond donors (Lipinski definition) is 1. The van der Waals surface area contributed by atoms with Gasteiger partial charge in [0, 0.05) is 12.8 Å². The maximum absolute atomic E-state index is 12.3. The normalized spacial score (nSPS) is 22.1. The van der Waals surface area contributed by atoms with Gasteiger partial charge < -0.3 is 19.1 Å². The van der Waals surface area contributed by atoms with Crippen LogP contribution in [0.3, 0.4) is 0 Å². The molecule has 5 heteroatoms. The fourth-order valence-corrected chi connectivity index (χ4v) is 2.46. The lowest BCUT2D eigenvalue weighted by Gasteiger charge is -2.26. The Bertz CT molecular complexity index is 467. The fourth-order valence-electron chi connectivity index (χ4n) is 2.46. The first kappa shape index (κ1) is 14.7. The Morgan fingerprint density at radius 3 is 2.50 bits per heavy atom. The molecule has 1 aliphatic rings. The Kier molecular flexibility index (Phi) is 4.84. The van der Waals surface area contributed by atoms with E-state index < -0.39 is 0 Å². The Labute approximate surface area is 119 Å². The van der Waals surface area contributed by atoms with Gasteiger partial charge in [-0.25, -0.2) is 4.79 Å². The van der Waals surface area contributed by atoms with Gasteiger partial charge in [-0.15, -0.1) is 0 Å².